The zero-order valence-electron chi connectivity index (χ0n) is 13.6. The average Bonchev–Trinajstić information content (AvgIpc) is 3.03. The van der Waals surface area contributed by atoms with Gasteiger partial charge in [0.25, 0.3) is 5.91 Å². The van der Waals surface area contributed by atoms with Crippen LogP contribution in [0.25, 0.3) is 11.0 Å². The SMILES string of the molecule is CSCC[C@H](NC(=O)c1cnc(C)cn1)c1nc2ccccc2[nH]1. The molecule has 3 aromatic rings. The normalized spacial score (nSPS) is 12.2. The molecule has 0 unspecified atom stereocenters. The molecule has 2 N–H and O–H groups in total. The maximum absolute atomic E-state index is 12.5. The van der Waals surface area contributed by atoms with Gasteiger partial charge in [-0.1, -0.05) is 12.1 Å². The largest absolute Gasteiger partial charge is 0.341 e. The number of amides is 1. The third-order valence-electron chi connectivity index (χ3n) is 3.67. The second-order valence-corrected chi connectivity index (χ2v) is 6.48. The molecule has 1 atom stereocenters. The number of aromatic nitrogens is 4. The van der Waals surface area contributed by atoms with E-state index in [0.29, 0.717) is 5.69 Å². The van der Waals surface area contributed by atoms with Crippen LogP contribution in [0.4, 0.5) is 0 Å². The van der Waals surface area contributed by atoms with Crippen molar-refractivity contribution < 1.29 is 4.79 Å². The molecule has 0 saturated carbocycles. The summed E-state index contributed by atoms with van der Waals surface area (Å²) in [5, 5.41) is 3.02. The number of hydrogen-bond donors (Lipinski definition) is 2. The number of imidazole rings is 1. The number of carbonyl (C=O) groups excluding carboxylic acids is 1. The Hall–Kier alpha value is -2.41. The minimum Gasteiger partial charge on any atom is -0.341 e. The molecule has 7 heteroatoms. The van der Waals surface area contributed by atoms with Crippen molar-refractivity contribution in [2.45, 2.75) is 19.4 Å². The van der Waals surface area contributed by atoms with Crippen molar-refractivity contribution in [3.8, 4) is 0 Å². The summed E-state index contributed by atoms with van der Waals surface area (Å²) in [4.78, 5) is 28.6. The molecule has 2 aromatic heterocycles. The Balaban J connectivity index is 1.83. The van der Waals surface area contributed by atoms with Crippen LogP contribution in [0, 0.1) is 6.92 Å². The van der Waals surface area contributed by atoms with Crippen LogP contribution < -0.4 is 5.32 Å². The molecule has 0 aliphatic rings. The molecular weight excluding hydrogens is 322 g/mol. The molecule has 1 aromatic carbocycles. The molecule has 0 bridgehead atoms. The number of aromatic amines is 1. The highest BCUT2D eigenvalue weighted by molar-refractivity contribution is 7.98. The number of nitrogens with zero attached hydrogens (tertiary/aromatic N) is 3. The van der Waals surface area contributed by atoms with Gasteiger partial charge in [-0.05, 0) is 37.5 Å². The predicted octanol–water partition coefficient (Wildman–Crippen LogP) is 2.89. The Bertz CT molecular complexity index is 797. The summed E-state index contributed by atoms with van der Waals surface area (Å²) < 4.78 is 0. The average molecular weight is 341 g/mol. The molecule has 0 radical (unpaired) electrons. The van der Waals surface area contributed by atoms with Gasteiger partial charge >= 0.3 is 0 Å². The van der Waals surface area contributed by atoms with Crippen LogP contribution >= 0.6 is 11.8 Å². The van der Waals surface area contributed by atoms with Crippen LogP contribution in [0.5, 0.6) is 0 Å². The van der Waals surface area contributed by atoms with Crippen molar-refractivity contribution >= 4 is 28.7 Å². The van der Waals surface area contributed by atoms with Crippen LogP contribution in [0.1, 0.15) is 34.5 Å². The lowest BCUT2D eigenvalue weighted by Gasteiger charge is -2.16. The lowest BCUT2D eigenvalue weighted by atomic mass is 10.2. The summed E-state index contributed by atoms with van der Waals surface area (Å²) in [6.07, 6.45) is 5.91. The quantitative estimate of drug-likeness (QED) is 0.720. The first-order valence-corrected chi connectivity index (χ1v) is 9.10. The summed E-state index contributed by atoms with van der Waals surface area (Å²) in [6.45, 7) is 1.84. The molecule has 0 spiro atoms. The number of fused-ring (bicyclic) bond motifs is 1. The van der Waals surface area contributed by atoms with E-state index < -0.39 is 0 Å². The molecule has 6 nitrogen and oxygen atoms in total. The first kappa shape index (κ1) is 16.4. The number of para-hydroxylation sites is 2. The Labute approximate surface area is 144 Å². The minimum atomic E-state index is -0.242. The van der Waals surface area contributed by atoms with Gasteiger partial charge in [-0.25, -0.2) is 9.97 Å². The van der Waals surface area contributed by atoms with Crippen molar-refractivity contribution in [3.05, 3.63) is 53.9 Å². The van der Waals surface area contributed by atoms with E-state index in [-0.39, 0.29) is 11.9 Å². The van der Waals surface area contributed by atoms with Crippen LogP contribution in [-0.2, 0) is 0 Å². The van der Waals surface area contributed by atoms with Crippen molar-refractivity contribution in [3.63, 3.8) is 0 Å². The molecular formula is C17H19N5OS. The molecule has 3 rings (SSSR count). The first-order chi connectivity index (χ1) is 11.7. The van der Waals surface area contributed by atoms with E-state index in [4.69, 9.17) is 0 Å². The van der Waals surface area contributed by atoms with Gasteiger partial charge in [0.2, 0.25) is 0 Å². The van der Waals surface area contributed by atoms with E-state index >= 15 is 0 Å². The highest BCUT2D eigenvalue weighted by Gasteiger charge is 2.19. The second kappa shape index (κ2) is 7.44. The van der Waals surface area contributed by atoms with Gasteiger partial charge < -0.3 is 10.3 Å². The molecule has 1 amide bonds. The predicted molar refractivity (Wildman–Crippen MR) is 96.1 cm³/mol. The van der Waals surface area contributed by atoms with Gasteiger partial charge in [0.15, 0.2) is 0 Å². The fraction of sp³-hybridized carbons (Fsp3) is 0.294. The zero-order chi connectivity index (χ0) is 16.9. The molecule has 0 aliphatic carbocycles. The fourth-order valence-electron chi connectivity index (χ4n) is 2.39. The van der Waals surface area contributed by atoms with Gasteiger partial charge in [-0.15, -0.1) is 0 Å². The standard InChI is InChI=1S/C17H19N5OS/c1-11-9-19-15(10-18-11)17(23)22-14(7-8-24-2)16-20-12-5-3-4-6-13(12)21-16/h3-6,9-10,14H,7-8H2,1-2H3,(H,20,21)(H,22,23)/t14-/m0/s1. The molecule has 24 heavy (non-hydrogen) atoms. The summed E-state index contributed by atoms with van der Waals surface area (Å²) in [6, 6.07) is 7.64. The Kier molecular flexibility index (Phi) is 5.10. The number of thioether (sulfide) groups is 1. The number of rotatable bonds is 6. The number of aryl methyl sites for hydroxylation is 1. The van der Waals surface area contributed by atoms with E-state index in [2.05, 4.69) is 25.3 Å². The summed E-state index contributed by atoms with van der Waals surface area (Å²) in [5.41, 5.74) is 2.95. The smallest absolute Gasteiger partial charge is 0.272 e. The van der Waals surface area contributed by atoms with Gasteiger partial charge in [-0.2, -0.15) is 11.8 Å². The Morgan fingerprint density at radius 1 is 1.29 bits per heavy atom. The highest BCUT2D eigenvalue weighted by atomic mass is 32.2. The summed E-state index contributed by atoms with van der Waals surface area (Å²) >= 11 is 1.74. The lowest BCUT2D eigenvalue weighted by Crippen LogP contribution is -2.30. The Morgan fingerprint density at radius 3 is 2.83 bits per heavy atom. The molecule has 0 saturated heterocycles. The number of H-pyrrole nitrogens is 1. The third kappa shape index (κ3) is 3.73. The third-order valence-corrected chi connectivity index (χ3v) is 4.31. The van der Waals surface area contributed by atoms with E-state index in [0.717, 1.165) is 34.7 Å². The van der Waals surface area contributed by atoms with E-state index in [1.807, 2.05) is 37.4 Å². The minimum absolute atomic E-state index is 0.194. The molecule has 0 aliphatic heterocycles. The maximum Gasteiger partial charge on any atom is 0.272 e. The number of carbonyl (C=O) groups is 1. The monoisotopic (exact) mass is 341 g/mol. The maximum atomic E-state index is 12.5. The van der Waals surface area contributed by atoms with Gasteiger partial charge in [0.05, 0.1) is 29.0 Å². The fourth-order valence-corrected chi connectivity index (χ4v) is 2.86. The molecule has 124 valence electrons. The van der Waals surface area contributed by atoms with Crippen LogP contribution in [0.2, 0.25) is 0 Å². The first-order valence-electron chi connectivity index (χ1n) is 7.70. The van der Waals surface area contributed by atoms with E-state index in [9.17, 15) is 4.79 Å². The number of nitrogens with one attached hydrogen (secondary N) is 2. The van der Waals surface area contributed by atoms with Crippen LogP contribution in [0.3, 0.4) is 0 Å². The van der Waals surface area contributed by atoms with Crippen molar-refractivity contribution in [2.75, 3.05) is 12.0 Å². The van der Waals surface area contributed by atoms with Gasteiger partial charge in [0.1, 0.15) is 11.5 Å². The second-order valence-electron chi connectivity index (χ2n) is 5.49. The number of benzene rings is 1. The van der Waals surface area contributed by atoms with E-state index in [1.54, 1.807) is 18.0 Å². The van der Waals surface area contributed by atoms with Crippen LogP contribution in [-0.4, -0.2) is 37.9 Å². The van der Waals surface area contributed by atoms with Gasteiger partial charge in [0, 0.05) is 6.20 Å². The topological polar surface area (TPSA) is 83.6 Å². The van der Waals surface area contributed by atoms with Gasteiger partial charge in [-0.3, -0.25) is 9.78 Å². The van der Waals surface area contributed by atoms with Crippen molar-refractivity contribution in [2.24, 2.45) is 0 Å². The Morgan fingerprint density at radius 2 is 2.12 bits per heavy atom. The van der Waals surface area contributed by atoms with Crippen LogP contribution in [0.15, 0.2) is 36.7 Å². The summed E-state index contributed by atoms with van der Waals surface area (Å²) in [5.74, 6) is 1.44. The zero-order valence-corrected chi connectivity index (χ0v) is 14.4. The van der Waals surface area contributed by atoms with Crippen molar-refractivity contribution in [1.29, 1.82) is 0 Å². The van der Waals surface area contributed by atoms with Crippen molar-refractivity contribution in [1.82, 2.24) is 25.3 Å². The molecule has 0 fully saturated rings. The summed E-state index contributed by atoms with van der Waals surface area (Å²) in [7, 11) is 0. The van der Waals surface area contributed by atoms with E-state index in [1.165, 1.54) is 6.20 Å². The highest BCUT2D eigenvalue weighted by Crippen LogP contribution is 2.20. The number of hydrogen-bond acceptors (Lipinski definition) is 5. The molecule has 2 heterocycles. The lowest BCUT2D eigenvalue weighted by molar-refractivity contribution is 0.0928.